The Morgan fingerprint density at radius 2 is 1.70 bits per heavy atom. The van der Waals surface area contributed by atoms with Crippen molar-refractivity contribution in [3.8, 4) is 0 Å². The minimum absolute atomic E-state index is 0.00507. The first-order valence-electron chi connectivity index (χ1n) is 7.42. The summed E-state index contributed by atoms with van der Waals surface area (Å²) in [6, 6.07) is 0. The molecule has 1 aromatic heterocycles. The standard InChI is InChI=1S/C15H20N4O4/c1-10-8-17-13(9-16-10)15(22)23-11(2)14(21)19-6-4-18(5-7-19)12(3)20/h8-9,11H,4-7H2,1-3H3. The molecule has 8 nitrogen and oxygen atoms in total. The van der Waals surface area contributed by atoms with E-state index < -0.39 is 12.1 Å². The normalized spacial score (nSPS) is 16.0. The van der Waals surface area contributed by atoms with Crippen molar-refractivity contribution in [3.63, 3.8) is 0 Å². The molecule has 0 aliphatic carbocycles. The summed E-state index contributed by atoms with van der Waals surface area (Å²) in [5, 5.41) is 0. The van der Waals surface area contributed by atoms with Crippen LogP contribution in [0.25, 0.3) is 0 Å². The zero-order chi connectivity index (χ0) is 17.0. The number of hydrogen-bond donors (Lipinski definition) is 0. The fourth-order valence-electron chi connectivity index (χ4n) is 2.27. The molecule has 1 aromatic rings. The van der Waals surface area contributed by atoms with Gasteiger partial charge in [-0.15, -0.1) is 0 Å². The second-order valence-electron chi connectivity index (χ2n) is 5.42. The average molecular weight is 320 g/mol. The van der Waals surface area contributed by atoms with E-state index in [4.69, 9.17) is 4.74 Å². The molecular weight excluding hydrogens is 300 g/mol. The number of hydrogen-bond acceptors (Lipinski definition) is 6. The fraction of sp³-hybridized carbons (Fsp3) is 0.533. The lowest BCUT2D eigenvalue weighted by molar-refractivity contribution is -0.144. The zero-order valence-electron chi connectivity index (χ0n) is 13.5. The summed E-state index contributed by atoms with van der Waals surface area (Å²) in [6.07, 6.45) is 1.87. The largest absolute Gasteiger partial charge is 0.448 e. The van der Waals surface area contributed by atoms with Crippen LogP contribution in [0.2, 0.25) is 0 Å². The minimum atomic E-state index is -0.908. The lowest BCUT2D eigenvalue weighted by Crippen LogP contribution is -2.52. The molecule has 8 heteroatoms. The molecule has 124 valence electrons. The number of esters is 1. The van der Waals surface area contributed by atoms with E-state index in [0.29, 0.717) is 31.9 Å². The van der Waals surface area contributed by atoms with Gasteiger partial charge in [0.2, 0.25) is 5.91 Å². The summed E-state index contributed by atoms with van der Waals surface area (Å²) in [6.45, 7) is 6.64. The van der Waals surface area contributed by atoms with Crippen LogP contribution in [0, 0.1) is 6.92 Å². The van der Waals surface area contributed by atoms with E-state index in [1.54, 1.807) is 16.7 Å². The topological polar surface area (TPSA) is 92.7 Å². The maximum Gasteiger partial charge on any atom is 0.359 e. The molecule has 0 spiro atoms. The summed E-state index contributed by atoms with van der Waals surface area (Å²) in [7, 11) is 0. The highest BCUT2D eigenvalue weighted by Crippen LogP contribution is 2.08. The molecule has 1 atom stereocenters. The summed E-state index contributed by atoms with van der Waals surface area (Å²) >= 11 is 0. The van der Waals surface area contributed by atoms with Gasteiger partial charge in [0.1, 0.15) is 0 Å². The predicted molar refractivity (Wildman–Crippen MR) is 80.5 cm³/mol. The summed E-state index contributed by atoms with van der Waals surface area (Å²) in [5.74, 6) is -0.961. The van der Waals surface area contributed by atoms with Crippen molar-refractivity contribution in [1.29, 1.82) is 0 Å². The molecule has 0 bridgehead atoms. The highest BCUT2D eigenvalue weighted by atomic mass is 16.5. The number of piperazine rings is 1. The van der Waals surface area contributed by atoms with Gasteiger partial charge < -0.3 is 14.5 Å². The molecule has 1 fully saturated rings. The second kappa shape index (κ2) is 7.17. The van der Waals surface area contributed by atoms with Crippen LogP contribution in [0.4, 0.5) is 0 Å². The maximum absolute atomic E-state index is 12.3. The molecule has 23 heavy (non-hydrogen) atoms. The Labute approximate surface area is 134 Å². The van der Waals surface area contributed by atoms with Crippen LogP contribution in [0.15, 0.2) is 12.4 Å². The van der Waals surface area contributed by atoms with Gasteiger partial charge in [0.05, 0.1) is 11.9 Å². The lowest BCUT2D eigenvalue weighted by Gasteiger charge is -2.35. The Bertz CT molecular complexity index is 594. The third-order valence-electron chi connectivity index (χ3n) is 3.66. The van der Waals surface area contributed by atoms with Crippen molar-refractivity contribution in [1.82, 2.24) is 19.8 Å². The van der Waals surface area contributed by atoms with Crippen LogP contribution in [-0.4, -0.2) is 69.8 Å². The van der Waals surface area contributed by atoms with E-state index in [-0.39, 0.29) is 17.5 Å². The first-order chi connectivity index (χ1) is 10.9. The molecule has 0 aromatic carbocycles. The molecule has 0 radical (unpaired) electrons. The molecule has 1 unspecified atom stereocenters. The van der Waals surface area contributed by atoms with Gasteiger partial charge in [-0.1, -0.05) is 0 Å². The van der Waals surface area contributed by atoms with Crippen LogP contribution in [0.1, 0.15) is 30.0 Å². The van der Waals surface area contributed by atoms with E-state index in [1.165, 1.54) is 26.2 Å². The van der Waals surface area contributed by atoms with Crippen molar-refractivity contribution < 1.29 is 19.1 Å². The third kappa shape index (κ3) is 4.24. The van der Waals surface area contributed by atoms with Gasteiger partial charge in [-0.25, -0.2) is 9.78 Å². The number of carbonyl (C=O) groups is 3. The van der Waals surface area contributed by atoms with Gasteiger partial charge in [0.25, 0.3) is 5.91 Å². The SMILES string of the molecule is CC(=O)N1CCN(C(=O)C(C)OC(=O)c2cnc(C)cn2)CC1. The molecule has 2 amide bonds. The van der Waals surface area contributed by atoms with Gasteiger partial charge in [0.15, 0.2) is 11.8 Å². The molecule has 2 rings (SSSR count). The highest BCUT2D eigenvalue weighted by Gasteiger charge is 2.28. The van der Waals surface area contributed by atoms with Crippen LogP contribution in [0.5, 0.6) is 0 Å². The maximum atomic E-state index is 12.3. The Balaban J connectivity index is 1.89. The lowest BCUT2D eigenvalue weighted by atomic mass is 10.2. The molecule has 2 heterocycles. The number of ether oxygens (including phenoxy) is 1. The van der Waals surface area contributed by atoms with Crippen LogP contribution >= 0.6 is 0 Å². The van der Waals surface area contributed by atoms with Crippen LogP contribution in [0.3, 0.4) is 0 Å². The predicted octanol–water partition coefficient (Wildman–Crippen LogP) is 0.0210. The average Bonchev–Trinajstić information content (AvgIpc) is 2.54. The summed E-state index contributed by atoms with van der Waals surface area (Å²) in [5.41, 5.74) is 0.755. The molecule has 1 saturated heterocycles. The first-order valence-corrected chi connectivity index (χ1v) is 7.42. The van der Waals surface area contributed by atoms with Gasteiger partial charge in [-0.05, 0) is 13.8 Å². The number of amides is 2. The van der Waals surface area contributed by atoms with E-state index in [0.717, 1.165) is 0 Å². The smallest absolute Gasteiger partial charge is 0.359 e. The first kappa shape index (κ1) is 16.9. The highest BCUT2D eigenvalue weighted by molar-refractivity contribution is 5.90. The Kier molecular flexibility index (Phi) is 5.25. The molecular formula is C15H20N4O4. The molecule has 1 aliphatic rings. The van der Waals surface area contributed by atoms with Gasteiger partial charge >= 0.3 is 5.97 Å². The molecule has 0 N–H and O–H groups in total. The molecule has 0 saturated carbocycles. The monoisotopic (exact) mass is 320 g/mol. The van der Waals surface area contributed by atoms with E-state index in [2.05, 4.69) is 9.97 Å². The fourth-order valence-corrected chi connectivity index (χ4v) is 2.27. The van der Waals surface area contributed by atoms with Crippen LogP contribution in [-0.2, 0) is 14.3 Å². The van der Waals surface area contributed by atoms with Crippen LogP contribution < -0.4 is 0 Å². The van der Waals surface area contributed by atoms with E-state index in [9.17, 15) is 14.4 Å². The van der Waals surface area contributed by atoms with E-state index in [1.807, 2.05) is 0 Å². The van der Waals surface area contributed by atoms with E-state index >= 15 is 0 Å². The Morgan fingerprint density at radius 1 is 1.09 bits per heavy atom. The summed E-state index contributed by atoms with van der Waals surface area (Å²) in [4.78, 5) is 46.7. The van der Waals surface area contributed by atoms with Gasteiger partial charge in [-0.3, -0.25) is 14.6 Å². The Morgan fingerprint density at radius 3 is 2.22 bits per heavy atom. The number of carbonyl (C=O) groups excluding carboxylic acids is 3. The quantitative estimate of drug-likeness (QED) is 0.729. The summed E-state index contributed by atoms with van der Waals surface area (Å²) < 4.78 is 5.15. The van der Waals surface area contributed by atoms with Crippen molar-refractivity contribution in [3.05, 3.63) is 23.8 Å². The third-order valence-corrected chi connectivity index (χ3v) is 3.66. The van der Waals surface area contributed by atoms with Crippen molar-refractivity contribution in [2.75, 3.05) is 26.2 Å². The number of aryl methyl sites for hydroxylation is 1. The number of rotatable bonds is 3. The molecule has 1 aliphatic heterocycles. The van der Waals surface area contributed by atoms with Crippen molar-refractivity contribution >= 4 is 17.8 Å². The van der Waals surface area contributed by atoms with Gasteiger partial charge in [0, 0.05) is 39.3 Å². The van der Waals surface area contributed by atoms with Gasteiger partial charge in [-0.2, -0.15) is 0 Å². The Hall–Kier alpha value is -2.51. The second-order valence-corrected chi connectivity index (χ2v) is 5.42. The number of nitrogens with zero attached hydrogens (tertiary/aromatic N) is 4. The van der Waals surface area contributed by atoms with Crippen molar-refractivity contribution in [2.45, 2.75) is 26.9 Å². The zero-order valence-corrected chi connectivity index (χ0v) is 13.5. The minimum Gasteiger partial charge on any atom is -0.448 e. The number of aromatic nitrogens is 2. The van der Waals surface area contributed by atoms with Crippen molar-refractivity contribution in [2.24, 2.45) is 0 Å².